The van der Waals surface area contributed by atoms with Gasteiger partial charge in [0.25, 0.3) is 5.91 Å². The minimum atomic E-state index is -0.807. The number of carbonyl (C=O) groups is 4. The maximum absolute atomic E-state index is 12.2. The Bertz CT molecular complexity index is 715. The third kappa shape index (κ3) is 5.61. The molecule has 0 saturated heterocycles. The molecule has 3 amide bonds. The first-order valence-electron chi connectivity index (χ1n) is 8.09. The Labute approximate surface area is 151 Å². The van der Waals surface area contributed by atoms with Gasteiger partial charge in [-0.3, -0.25) is 10.1 Å². The standard InChI is InChI=1S/C17H25N3O6/c1-7-10-12(14(22)25-6)9(2)13(18-10)15(23)26-8-11(21)19-16(24)20-17(3,4)5/h18H,7-8H2,1-6H3,(H2,19,20,21,24). The quantitative estimate of drug-likeness (QED) is 0.676. The van der Waals surface area contributed by atoms with Crippen LogP contribution in [0.2, 0.25) is 0 Å². The third-order valence-corrected chi connectivity index (χ3v) is 3.35. The highest BCUT2D eigenvalue weighted by molar-refractivity contribution is 6.00. The number of amides is 3. The fraction of sp³-hybridized carbons (Fsp3) is 0.529. The number of nitrogens with one attached hydrogen (secondary N) is 3. The number of methoxy groups -OCH3 is 1. The fourth-order valence-corrected chi connectivity index (χ4v) is 2.24. The number of urea groups is 1. The van der Waals surface area contributed by atoms with Gasteiger partial charge in [0.2, 0.25) is 0 Å². The predicted molar refractivity (Wildman–Crippen MR) is 93.0 cm³/mol. The number of ether oxygens (including phenoxy) is 2. The molecule has 0 saturated carbocycles. The molecule has 0 aliphatic carbocycles. The zero-order chi connectivity index (χ0) is 20.1. The minimum absolute atomic E-state index is 0.0641. The minimum Gasteiger partial charge on any atom is -0.465 e. The molecule has 0 aliphatic rings. The van der Waals surface area contributed by atoms with Gasteiger partial charge in [-0.2, -0.15) is 0 Å². The Morgan fingerprint density at radius 1 is 1.12 bits per heavy atom. The average molecular weight is 367 g/mol. The highest BCUT2D eigenvalue weighted by Crippen LogP contribution is 2.20. The van der Waals surface area contributed by atoms with E-state index in [1.165, 1.54) is 7.11 Å². The zero-order valence-corrected chi connectivity index (χ0v) is 15.9. The van der Waals surface area contributed by atoms with Gasteiger partial charge in [0.15, 0.2) is 6.61 Å². The van der Waals surface area contributed by atoms with Crippen molar-refractivity contribution in [2.75, 3.05) is 13.7 Å². The van der Waals surface area contributed by atoms with Crippen LogP contribution in [0.4, 0.5) is 4.79 Å². The van der Waals surface area contributed by atoms with E-state index in [1.54, 1.807) is 27.7 Å². The summed E-state index contributed by atoms with van der Waals surface area (Å²) in [4.78, 5) is 50.2. The maximum atomic E-state index is 12.2. The smallest absolute Gasteiger partial charge is 0.355 e. The first kappa shape index (κ1) is 21.2. The molecular weight excluding hydrogens is 342 g/mol. The van der Waals surface area contributed by atoms with E-state index in [1.807, 2.05) is 6.92 Å². The largest absolute Gasteiger partial charge is 0.465 e. The Hall–Kier alpha value is -2.84. The fourth-order valence-electron chi connectivity index (χ4n) is 2.24. The summed E-state index contributed by atoms with van der Waals surface area (Å²) in [6.45, 7) is 8.03. The summed E-state index contributed by atoms with van der Waals surface area (Å²) in [5, 5.41) is 4.61. The van der Waals surface area contributed by atoms with Crippen LogP contribution in [0.25, 0.3) is 0 Å². The summed E-state index contributed by atoms with van der Waals surface area (Å²) in [6, 6.07) is -0.684. The normalized spacial score (nSPS) is 10.8. The van der Waals surface area contributed by atoms with Crippen molar-refractivity contribution in [1.29, 1.82) is 0 Å². The van der Waals surface area contributed by atoms with E-state index in [0.29, 0.717) is 17.7 Å². The van der Waals surface area contributed by atoms with Crippen LogP contribution in [0.3, 0.4) is 0 Å². The van der Waals surface area contributed by atoms with E-state index in [-0.39, 0.29) is 11.3 Å². The first-order chi connectivity index (χ1) is 12.0. The zero-order valence-electron chi connectivity index (χ0n) is 15.9. The molecule has 3 N–H and O–H groups in total. The molecule has 0 unspecified atom stereocenters. The lowest BCUT2D eigenvalue weighted by atomic mass is 10.1. The lowest BCUT2D eigenvalue weighted by Crippen LogP contribution is -2.49. The van der Waals surface area contributed by atoms with Crippen molar-refractivity contribution in [3.63, 3.8) is 0 Å². The number of aryl methyl sites for hydroxylation is 1. The van der Waals surface area contributed by atoms with Gasteiger partial charge in [0.05, 0.1) is 12.7 Å². The topological polar surface area (TPSA) is 127 Å². The van der Waals surface area contributed by atoms with Crippen molar-refractivity contribution in [1.82, 2.24) is 15.6 Å². The molecule has 0 atom stereocenters. The Morgan fingerprint density at radius 3 is 2.23 bits per heavy atom. The van der Waals surface area contributed by atoms with Gasteiger partial charge in [-0.25, -0.2) is 14.4 Å². The van der Waals surface area contributed by atoms with Crippen LogP contribution in [0, 0.1) is 6.92 Å². The first-order valence-corrected chi connectivity index (χ1v) is 8.09. The van der Waals surface area contributed by atoms with Crippen LogP contribution in [0.15, 0.2) is 0 Å². The molecule has 1 aromatic heterocycles. The number of H-pyrrole nitrogens is 1. The van der Waals surface area contributed by atoms with Crippen molar-refractivity contribution >= 4 is 23.9 Å². The number of hydrogen-bond donors (Lipinski definition) is 3. The Morgan fingerprint density at radius 2 is 1.73 bits per heavy atom. The number of rotatable bonds is 5. The second-order valence-electron chi connectivity index (χ2n) is 6.65. The number of carbonyl (C=O) groups excluding carboxylic acids is 4. The molecule has 26 heavy (non-hydrogen) atoms. The lowest BCUT2D eigenvalue weighted by molar-refractivity contribution is -0.123. The van der Waals surface area contributed by atoms with E-state index in [9.17, 15) is 19.2 Å². The molecule has 9 nitrogen and oxygen atoms in total. The van der Waals surface area contributed by atoms with Gasteiger partial charge in [-0.1, -0.05) is 6.92 Å². The van der Waals surface area contributed by atoms with Gasteiger partial charge in [0.1, 0.15) is 5.69 Å². The van der Waals surface area contributed by atoms with Crippen molar-refractivity contribution < 1.29 is 28.7 Å². The second kappa shape index (κ2) is 8.50. The molecule has 1 rings (SSSR count). The number of imide groups is 1. The van der Waals surface area contributed by atoms with E-state index < -0.39 is 36.0 Å². The van der Waals surface area contributed by atoms with Gasteiger partial charge in [-0.15, -0.1) is 0 Å². The number of aromatic amines is 1. The number of aromatic nitrogens is 1. The maximum Gasteiger partial charge on any atom is 0.355 e. The molecule has 0 fully saturated rings. The highest BCUT2D eigenvalue weighted by atomic mass is 16.5. The molecule has 0 bridgehead atoms. The van der Waals surface area contributed by atoms with Crippen LogP contribution < -0.4 is 10.6 Å². The van der Waals surface area contributed by atoms with E-state index in [2.05, 4.69) is 15.6 Å². The monoisotopic (exact) mass is 367 g/mol. The Balaban J connectivity index is 2.74. The molecule has 0 aromatic carbocycles. The summed E-state index contributed by atoms with van der Waals surface area (Å²) in [5.41, 5.74) is 0.744. The molecule has 0 radical (unpaired) electrons. The van der Waals surface area contributed by atoms with Gasteiger partial charge in [0, 0.05) is 11.2 Å². The van der Waals surface area contributed by atoms with Crippen LogP contribution in [0.5, 0.6) is 0 Å². The van der Waals surface area contributed by atoms with Crippen molar-refractivity contribution in [3.8, 4) is 0 Å². The lowest BCUT2D eigenvalue weighted by Gasteiger charge is -2.20. The third-order valence-electron chi connectivity index (χ3n) is 3.35. The van der Waals surface area contributed by atoms with E-state index >= 15 is 0 Å². The van der Waals surface area contributed by atoms with Crippen LogP contribution in [0.1, 0.15) is 59.8 Å². The summed E-state index contributed by atoms with van der Waals surface area (Å²) in [7, 11) is 1.25. The van der Waals surface area contributed by atoms with Gasteiger partial charge in [-0.05, 0) is 39.7 Å². The molecule has 0 aliphatic heterocycles. The van der Waals surface area contributed by atoms with E-state index in [4.69, 9.17) is 9.47 Å². The van der Waals surface area contributed by atoms with E-state index in [0.717, 1.165) is 0 Å². The summed E-state index contributed by atoms with van der Waals surface area (Å²) < 4.78 is 9.63. The number of esters is 2. The molecule has 0 spiro atoms. The van der Waals surface area contributed by atoms with Gasteiger partial charge < -0.3 is 19.8 Å². The molecular formula is C17H25N3O6. The highest BCUT2D eigenvalue weighted by Gasteiger charge is 2.25. The van der Waals surface area contributed by atoms with Crippen molar-refractivity contribution in [3.05, 3.63) is 22.5 Å². The van der Waals surface area contributed by atoms with Gasteiger partial charge >= 0.3 is 18.0 Å². The molecule has 1 heterocycles. The average Bonchev–Trinajstić information content (AvgIpc) is 2.86. The molecule has 144 valence electrons. The molecule has 9 heteroatoms. The number of hydrogen-bond acceptors (Lipinski definition) is 6. The Kier molecular flexibility index (Phi) is 6.93. The van der Waals surface area contributed by atoms with Crippen molar-refractivity contribution in [2.24, 2.45) is 0 Å². The predicted octanol–water partition coefficient (Wildman–Crippen LogP) is 1.45. The van der Waals surface area contributed by atoms with Crippen LogP contribution in [-0.4, -0.2) is 48.1 Å². The SMILES string of the molecule is CCc1[nH]c(C(=O)OCC(=O)NC(=O)NC(C)(C)C)c(C)c1C(=O)OC. The summed E-state index contributed by atoms with van der Waals surface area (Å²) in [5.74, 6) is -2.14. The molecule has 1 aromatic rings. The summed E-state index contributed by atoms with van der Waals surface area (Å²) in [6.07, 6.45) is 0.478. The summed E-state index contributed by atoms with van der Waals surface area (Å²) >= 11 is 0. The van der Waals surface area contributed by atoms with Crippen LogP contribution >= 0.6 is 0 Å². The van der Waals surface area contributed by atoms with Crippen LogP contribution in [-0.2, 0) is 20.7 Å². The van der Waals surface area contributed by atoms with Crippen molar-refractivity contribution in [2.45, 2.75) is 46.6 Å². The second-order valence-corrected chi connectivity index (χ2v) is 6.65.